The predicted molar refractivity (Wildman–Crippen MR) is 256 cm³/mol. The minimum atomic E-state index is -0.0685. The van der Waals surface area contributed by atoms with Crippen molar-refractivity contribution < 1.29 is 0 Å². The van der Waals surface area contributed by atoms with Gasteiger partial charge in [0.2, 0.25) is 0 Å². The molecule has 9 aromatic carbocycles. The van der Waals surface area contributed by atoms with E-state index in [-0.39, 0.29) is 10.8 Å². The van der Waals surface area contributed by atoms with E-state index in [0.717, 1.165) is 0 Å². The van der Waals surface area contributed by atoms with Crippen LogP contribution in [0.5, 0.6) is 0 Å². The molecule has 9 aromatic rings. The van der Waals surface area contributed by atoms with Gasteiger partial charge in [-0.3, -0.25) is 0 Å². The summed E-state index contributed by atoms with van der Waals surface area (Å²) in [5, 5.41) is 7.64. The number of hydrogen-bond donors (Lipinski definition) is 0. The fraction of sp³-hybridized carbons (Fsp3) is 0.133. The van der Waals surface area contributed by atoms with E-state index in [0.29, 0.717) is 11.8 Å². The standard InChI is InChI=1S/C60H46/c1-59(2)53-22-11-9-18-45(53)47-29-26-42(35-55(47)59)41-27-31-51-52(34-41)58(43-17-13-16-39(33-43)40-25-24-37-14-5-6-15-38(37)32-40)50-21-8-7-20-49(50)57(51)44-28-30-48-46-19-10-12-23-54(46)60(3,4)56(48)36-44/h5-36,46,54H,1-4H3. The molecule has 12 rings (SSSR count). The van der Waals surface area contributed by atoms with Gasteiger partial charge in [0, 0.05) is 11.3 Å². The third-order valence-electron chi connectivity index (χ3n) is 14.5. The van der Waals surface area contributed by atoms with Gasteiger partial charge < -0.3 is 0 Å². The third kappa shape index (κ3) is 5.10. The fourth-order valence-electron chi connectivity index (χ4n) is 11.4. The minimum Gasteiger partial charge on any atom is -0.0796 e. The molecule has 0 saturated carbocycles. The van der Waals surface area contributed by atoms with Crippen LogP contribution in [0.1, 0.15) is 55.9 Å². The first-order chi connectivity index (χ1) is 29.3. The van der Waals surface area contributed by atoms with Crippen molar-refractivity contribution in [1.29, 1.82) is 0 Å². The van der Waals surface area contributed by atoms with Crippen LogP contribution in [0.25, 0.3) is 88.0 Å². The highest BCUT2D eigenvalue weighted by molar-refractivity contribution is 6.22. The Bertz CT molecular complexity index is 3330. The second kappa shape index (κ2) is 12.9. The first-order valence-corrected chi connectivity index (χ1v) is 21.6. The molecule has 0 N–H and O–H groups in total. The Morgan fingerprint density at radius 2 is 0.950 bits per heavy atom. The Morgan fingerprint density at radius 3 is 1.82 bits per heavy atom. The van der Waals surface area contributed by atoms with Crippen LogP contribution in [0.3, 0.4) is 0 Å². The number of hydrogen-bond acceptors (Lipinski definition) is 0. The molecule has 2 atom stereocenters. The van der Waals surface area contributed by atoms with E-state index in [4.69, 9.17) is 0 Å². The largest absolute Gasteiger partial charge is 0.0796 e. The molecule has 60 heavy (non-hydrogen) atoms. The van der Waals surface area contributed by atoms with Gasteiger partial charge in [-0.25, -0.2) is 0 Å². The van der Waals surface area contributed by atoms with Gasteiger partial charge >= 0.3 is 0 Å². The van der Waals surface area contributed by atoms with E-state index in [1.165, 1.54) is 110 Å². The molecular weight excluding hydrogens is 721 g/mol. The lowest BCUT2D eigenvalue weighted by molar-refractivity contribution is 0.394. The molecule has 3 aliphatic rings. The maximum absolute atomic E-state index is 2.53. The zero-order valence-electron chi connectivity index (χ0n) is 34.6. The average molecular weight is 767 g/mol. The Labute approximate surface area is 353 Å². The van der Waals surface area contributed by atoms with Crippen LogP contribution < -0.4 is 0 Å². The molecule has 0 spiro atoms. The predicted octanol–water partition coefficient (Wildman–Crippen LogP) is 16.2. The van der Waals surface area contributed by atoms with E-state index >= 15 is 0 Å². The summed E-state index contributed by atoms with van der Waals surface area (Å²) in [6.07, 6.45) is 9.30. The topological polar surface area (TPSA) is 0 Å². The monoisotopic (exact) mass is 766 g/mol. The van der Waals surface area contributed by atoms with Crippen molar-refractivity contribution in [3.8, 4) is 55.6 Å². The van der Waals surface area contributed by atoms with Crippen molar-refractivity contribution in [1.82, 2.24) is 0 Å². The zero-order valence-corrected chi connectivity index (χ0v) is 34.6. The summed E-state index contributed by atoms with van der Waals surface area (Å²) >= 11 is 0. The lowest BCUT2D eigenvalue weighted by Crippen LogP contribution is -2.24. The number of rotatable bonds is 4. The highest BCUT2D eigenvalue weighted by Gasteiger charge is 2.44. The molecule has 0 radical (unpaired) electrons. The molecule has 2 unspecified atom stereocenters. The highest BCUT2D eigenvalue weighted by atomic mass is 14.5. The first kappa shape index (κ1) is 35.2. The van der Waals surface area contributed by atoms with Crippen molar-refractivity contribution in [2.75, 3.05) is 0 Å². The Hall–Kier alpha value is -6.76. The van der Waals surface area contributed by atoms with Crippen LogP contribution in [0.15, 0.2) is 194 Å². The van der Waals surface area contributed by atoms with Crippen LogP contribution in [0, 0.1) is 5.92 Å². The molecule has 0 aliphatic heterocycles. The fourth-order valence-corrected chi connectivity index (χ4v) is 11.4. The van der Waals surface area contributed by atoms with Crippen molar-refractivity contribution in [3.05, 3.63) is 216 Å². The smallest absolute Gasteiger partial charge is 0.0159 e. The van der Waals surface area contributed by atoms with Crippen molar-refractivity contribution in [2.24, 2.45) is 5.92 Å². The van der Waals surface area contributed by atoms with Crippen LogP contribution in [0.4, 0.5) is 0 Å². The molecule has 286 valence electrons. The van der Waals surface area contributed by atoms with Gasteiger partial charge in [-0.15, -0.1) is 0 Å². The molecule has 3 aliphatic carbocycles. The second-order valence-electron chi connectivity index (χ2n) is 18.5. The molecule has 0 aromatic heterocycles. The van der Waals surface area contributed by atoms with Crippen molar-refractivity contribution in [2.45, 2.75) is 44.4 Å². The quantitative estimate of drug-likeness (QED) is 0.157. The van der Waals surface area contributed by atoms with Gasteiger partial charge in [0.1, 0.15) is 0 Å². The van der Waals surface area contributed by atoms with E-state index in [1.54, 1.807) is 0 Å². The normalized spacial score (nSPS) is 17.8. The molecule has 0 saturated heterocycles. The molecule has 0 fully saturated rings. The second-order valence-corrected chi connectivity index (χ2v) is 18.5. The Kier molecular flexibility index (Phi) is 7.55. The highest BCUT2D eigenvalue weighted by Crippen LogP contribution is 2.55. The van der Waals surface area contributed by atoms with Gasteiger partial charge in [-0.05, 0) is 146 Å². The lowest BCUT2D eigenvalue weighted by atomic mass is 9.74. The third-order valence-corrected chi connectivity index (χ3v) is 14.5. The summed E-state index contributed by atoms with van der Waals surface area (Å²) in [7, 11) is 0. The van der Waals surface area contributed by atoms with Crippen LogP contribution >= 0.6 is 0 Å². The van der Waals surface area contributed by atoms with Gasteiger partial charge in [0.05, 0.1) is 0 Å². The molecule has 0 bridgehead atoms. The summed E-state index contributed by atoms with van der Waals surface area (Å²) in [6, 6.07) is 64.6. The molecule has 0 heterocycles. The van der Waals surface area contributed by atoms with E-state index in [9.17, 15) is 0 Å². The zero-order chi connectivity index (χ0) is 40.3. The van der Waals surface area contributed by atoms with Crippen LogP contribution in [0.2, 0.25) is 0 Å². The average Bonchev–Trinajstić information content (AvgIpc) is 3.66. The molecule has 0 amide bonds. The molecule has 0 heteroatoms. The van der Waals surface area contributed by atoms with Gasteiger partial charge in [0.15, 0.2) is 0 Å². The first-order valence-electron chi connectivity index (χ1n) is 21.6. The molecular formula is C60H46. The summed E-state index contributed by atoms with van der Waals surface area (Å²) in [6.45, 7) is 9.63. The lowest BCUT2D eigenvalue weighted by Gasteiger charge is -2.29. The SMILES string of the molecule is CC1(C)c2ccccc2-c2ccc(-c3ccc4c(-c5ccc6c(c5)C(C)(C)C5C=CC=CC65)c5ccccc5c(-c5cccc(-c6ccc7ccccc7c6)c5)c4c3)cc21. The Morgan fingerprint density at radius 1 is 0.367 bits per heavy atom. The summed E-state index contributed by atoms with van der Waals surface area (Å²) in [5.41, 5.74) is 18.5. The summed E-state index contributed by atoms with van der Waals surface area (Å²) < 4.78 is 0. The number of benzene rings is 9. The summed E-state index contributed by atoms with van der Waals surface area (Å²) in [5.74, 6) is 0.888. The van der Waals surface area contributed by atoms with Crippen molar-refractivity contribution in [3.63, 3.8) is 0 Å². The maximum atomic E-state index is 2.53. The van der Waals surface area contributed by atoms with E-state index in [1.807, 2.05) is 0 Å². The van der Waals surface area contributed by atoms with E-state index < -0.39 is 0 Å². The maximum Gasteiger partial charge on any atom is 0.0159 e. The number of allylic oxidation sites excluding steroid dienone is 4. The molecule has 0 nitrogen and oxygen atoms in total. The van der Waals surface area contributed by atoms with Gasteiger partial charge in [0.25, 0.3) is 0 Å². The van der Waals surface area contributed by atoms with Crippen LogP contribution in [-0.4, -0.2) is 0 Å². The van der Waals surface area contributed by atoms with E-state index in [2.05, 4.69) is 222 Å². The number of fused-ring (bicyclic) bond motifs is 9. The van der Waals surface area contributed by atoms with Crippen molar-refractivity contribution >= 4 is 32.3 Å². The Balaban J connectivity index is 1.10. The van der Waals surface area contributed by atoms with Gasteiger partial charge in [-0.1, -0.05) is 198 Å². The summed E-state index contributed by atoms with van der Waals surface area (Å²) in [4.78, 5) is 0. The minimum absolute atomic E-state index is 0.0280. The van der Waals surface area contributed by atoms with Gasteiger partial charge in [-0.2, -0.15) is 0 Å². The van der Waals surface area contributed by atoms with Crippen LogP contribution in [-0.2, 0) is 10.8 Å².